The van der Waals surface area contributed by atoms with E-state index in [0.717, 1.165) is 13.1 Å². The predicted molar refractivity (Wildman–Crippen MR) is 132 cm³/mol. The van der Waals surface area contributed by atoms with Crippen molar-refractivity contribution in [2.24, 2.45) is 0 Å². The topological polar surface area (TPSA) is 328 Å². The van der Waals surface area contributed by atoms with E-state index in [2.05, 4.69) is 66.3 Å². The molecule has 32 heteroatoms. The average Bonchev–Trinajstić information content (AvgIpc) is 2.78. The largest absolute Gasteiger partial charge is 0.582 e. The van der Waals surface area contributed by atoms with Crippen LogP contribution in [0.15, 0.2) is 0 Å². The minimum Gasteiger partial charge on any atom is -0.539 e. The van der Waals surface area contributed by atoms with Crippen molar-refractivity contribution in [1.29, 1.82) is 0 Å². The number of hydrogen-bond donors (Lipinski definition) is 10. The second kappa shape index (κ2) is 17.8. The highest BCUT2D eigenvalue weighted by molar-refractivity contribution is 6.82. The van der Waals surface area contributed by atoms with Crippen LogP contribution in [-0.4, -0.2) is 126 Å². The molecule has 4 rings (SSSR count). The maximum Gasteiger partial charge on any atom is 0.582 e. The molecule has 14 N–H and O–H groups in total. The summed E-state index contributed by atoms with van der Waals surface area (Å²) in [5, 5.41) is 71.5. The molecule has 0 aromatic heterocycles. The summed E-state index contributed by atoms with van der Waals surface area (Å²) in [5.74, 6) is 0. The first-order chi connectivity index (χ1) is 18.9. The van der Waals surface area contributed by atoms with Crippen molar-refractivity contribution in [2.45, 2.75) is 38.5 Å². The van der Waals surface area contributed by atoms with Crippen molar-refractivity contribution in [3.63, 3.8) is 0 Å². The minimum absolute atomic E-state index is 1.11. The number of rotatable bonds is 7. The standard InChI is InChI=1S/C8H20N2.2B5H4O10/c9-7-5-3-1-2-4-6-8-10;2*6-1-10-2(7)13-5(12-1)14-3(8)11-4(9)15-5/h1-10H2;2*6-9H/q;2*-1/p+2. The molecule has 0 radical (unpaired) electrons. The van der Waals surface area contributed by atoms with Crippen LogP contribution in [0.3, 0.4) is 0 Å². The van der Waals surface area contributed by atoms with Crippen LogP contribution in [0.25, 0.3) is 0 Å². The Morgan fingerprint density at radius 1 is 0.350 bits per heavy atom. The first-order valence-electron chi connectivity index (χ1n) is 12.2. The van der Waals surface area contributed by atoms with E-state index in [1.165, 1.54) is 38.5 Å². The molecule has 222 valence electrons. The van der Waals surface area contributed by atoms with Gasteiger partial charge in [0.2, 0.25) is 0 Å². The lowest BCUT2D eigenvalue weighted by molar-refractivity contribution is -0.369. The summed E-state index contributed by atoms with van der Waals surface area (Å²) in [6, 6.07) is 0. The van der Waals surface area contributed by atoms with Gasteiger partial charge in [-0.2, -0.15) is 0 Å². The van der Waals surface area contributed by atoms with Crippen molar-refractivity contribution < 1.29 is 107 Å². The lowest BCUT2D eigenvalue weighted by Crippen LogP contribution is -2.69. The lowest BCUT2D eigenvalue weighted by Gasteiger charge is -2.49. The fraction of sp³-hybridized carbons (Fsp3) is 1.00. The van der Waals surface area contributed by atoms with Crippen LogP contribution in [0.1, 0.15) is 38.5 Å². The first kappa shape index (κ1) is 36.0. The smallest absolute Gasteiger partial charge is 0.539 e. The first-order valence-corrected chi connectivity index (χ1v) is 12.2. The van der Waals surface area contributed by atoms with Gasteiger partial charge < -0.3 is 107 Å². The third-order valence-corrected chi connectivity index (χ3v) is 4.95. The third kappa shape index (κ3) is 13.0. The summed E-state index contributed by atoms with van der Waals surface area (Å²) in [5.41, 5.74) is 7.62. The molecule has 0 aromatic rings. The summed E-state index contributed by atoms with van der Waals surface area (Å²) < 4.78 is 52.8. The van der Waals surface area contributed by atoms with Gasteiger partial charge in [0, 0.05) is 0 Å². The van der Waals surface area contributed by atoms with E-state index in [1.54, 1.807) is 0 Å². The third-order valence-electron chi connectivity index (χ3n) is 4.95. The molecule has 4 fully saturated rings. The van der Waals surface area contributed by atoms with Crippen LogP contribution < -0.4 is 11.5 Å². The number of quaternary nitrogens is 2. The molecule has 4 aliphatic rings. The highest BCUT2D eigenvalue weighted by atomic mass is 17.0. The Kier molecular flexibility index (Phi) is 16.0. The van der Waals surface area contributed by atoms with Gasteiger partial charge in [0.1, 0.15) is 0 Å². The lowest BCUT2D eigenvalue weighted by atomic mass is 9.84. The second-order valence-corrected chi connectivity index (χ2v) is 8.07. The SMILES string of the molecule is OB1OB(O)O[B-]2(O1)OB(O)OB(O)O2.OB1OB(O)O[B-]2(O1)OB(O)OB(O)O2.[NH3+]CCCCCCCC[NH3+]. The fourth-order valence-electron chi connectivity index (χ4n) is 3.24. The van der Waals surface area contributed by atoms with E-state index in [4.69, 9.17) is 40.2 Å². The Morgan fingerprint density at radius 2 is 0.525 bits per heavy atom. The maximum atomic E-state index is 8.94. The van der Waals surface area contributed by atoms with Gasteiger partial charge in [-0.1, -0.05) is 12.8 Å². The molecule has 40 heavy (non-hydrogen) atoms. The predicted octanol–water partition coefficient (Wildman–Crippen LogP) is -9.27. The van der Waals surface area contributed by atoms with Crippen molar-refractivity contribution in [3.05, 3.63) is 0 Å². The minimum atomic E-state index is -3.21. The molecule has 4 heterocycles. The van der Waals surface area contributed by atoms with E-state index in [-0.39, 0.29) is 0 Å². The molecule has 4 aliphatic heterocycles. The molecular weight excluding hydrogens is 552 g/mol. The Hall–Kier alpha value is -0.231. The molecule has 4 saturated heterocycles. The number of hydrogen-bond acceptors (Lipinski definition) is 20. The van der Waals surface area contributed by atoms with Gasteiger partial charge in [-0.3, -0.25) is 0 Å². The monoisotopic (exact) mass is 584 g/mol. The van der Waals surface area contributed by atoms with Gasteiger partial charge in [-0.15, -0.1) is 0 Å². The normalized spacial score (nSPS) is 22.4. The zero-order valence-electron chi connectivity index (χ0n) is 21.3. The van der Waals surface area contributed by atoms with Crippen molar-refractivity contribution >= 4 is 72.5 Å². The Labute approximate surface area is 231 Å². The molecule has 0 atom stereocenters. The molecule has 22 nitrogen and oxygen atoms in total. The summed E-state index contributed by atoms with van der Waals surface area (Å²) in [4.78, 5) is 0. The van der Waals surface area contributed by atoms with E-state index in [0.29, 0.717) is 0 Å². The Balaban J connectivity index is 0.000000216. The molecule has 0 amide bonds. The molecule has 0 aromatic carbocycles. The molecule has 0 unspecified atom stereocenters. The summed E-state index contributed by atoms with van der Waals surface area (Å²) >= 11 is 0. The Bertz CT molecular complexity index is 563. The molecule has 0 bridgehead atoms. The highest BCUT2D eigenvalue weighted by Crippen LogP contribution is 2.24. The maximum absolute atomic E-state index is 8.94. The van der Waals surface area contributed by atoms with Crippen LogP contribution in [0.2, 0.25) is 0 Å². The zero-order valence-corrected chi connectivity index (χ0v) is 21.3. The van der Waals surface area contributed by atoms with Gasteiger partial charge in [0.15, 0.2) is 0 Å². The average molecular weight is 582 g/mol. The molecule has 0 aliphatic carbocycles. The second-order valence-electron chi connectivity index (χ2n) is 8.07. The van der Waals surface area contributed by atoms with Crippen LogP contribution in [-0.2, 0) is 54.9 Å². The van der Waals surface area contributed by atoms with Crippen LogP contribution in [0.5, 0.6) is 0 Å². The van der Waals surface area contributed by atoms with Gasteiger partial charge in [-0.25, -0.2) is 0 Å². The van der Waals surface area contributed by atoms with Crippen LogP contribution in [0.4, 0.5) is 0 Å². The van der Waals surface area contributed by atoms with E-state index >= 15 is 0 Å². The van der Waals surface area contributed by atoms with Crippen LogP contribution in [0, 0.1) is 0 Å². The summed E-state index contributed by atoms with van der Waals surface area (Å²) in [7, 11) is -15.2. The molecule has 2 spiro atoms. The van der Waals surface area contributed by atoms with Crippen molar-refractivity contribution in [2.75, 3.05) is 13.1 Å². The van der Waals surface area contributed by atoms with Gasteiger partial charge in [0.05, 0.1) is 13.1 Å². The highest BCUT2D eigenvalue weighted by Gasteiger charge is 2.54. The quantitative estimate of drug-likeness (QED) is 0.0983. The van der Waals surface area contributed by atoms with Gasteiger partial charge >= 0.3 is 72.5 Å². The van der Waals surface area contributed by atoms with Crippen molar-refractivity contribution in [1.82, 2.24) is 0 Å². The van der Waals surface area contributed by atoms with E-state index in [1.807, 2.05) is 0 Å². The van der Waals surface area contributed by atoms with E-state index < -0.39 is 72.5 Å². The van der Waals surface area contributed by atoms with E-state index in [9.17, 15) is 0 Å². The molecular formula is C8H30B10N2O20. The van der Waals surface area contributed by atoms with Crippen molar-refractivity contribution in [3.8, 4) is 0 Å². The van der Waals surface area contributed by atoms with Crippen LogP contribution >= 0.6 is 0 Å². The summed E-state index contributed by atoms with van der Waals surface area (Å²) in [6.07, 6.45) is 8.17. The molecule has 0 saturated carbocycles. The number of unbranched alkanes of at least 4 members (excludes halogenated alkanes) is 5. The summed E-state index contributed by atoms with van der Waals surface area (Å²) in [6.45, 7) is -4.21. The van der Waals surface area contributed by atoms with Gasteiger partial charge in [-0.05, 0) is 25.7 Å². The zero-order chi connectivity index (χ0) is 29.8. The van der Waals surface area contributed by atoms with Gasteiger partial charge in [0.25, 0.3) is 0 Å². The Morgan fingerprint density at radius 3 is 0.700 bits per heavy atom. The fourth-order valence-corrected chi connectivity index (χ4v) is 3.24.